The molecule has 1 heterocycles. The van der Waals surface area contributed by atoms with Crippen molar-refractivity contribution in [3.63, 3.8) is 0 Å². The zero-order chi connectivity index (χ0) is 20.8. The number of hydrogen-bond acceptors (Lipinski definition) is 4. The second-order valence-electron chi connectivity index (χ2n) is 7.11. The Kier molecular flexibility index (Phi) is 6.93. The first kappa shape index (κ1) is 20.9. The van der Waals surface area contributed by atoms with Crippen molar-refractivity contribution < 1.29 is 23.1 Å². The molecule has 3 rings (SSSR count). The van der Waals surface area contributed by atoms with E-state index in [1.807, 2.05) is 37.3 Å². The van der Waals surface area contributed by atoms with Crippen molar-refractivity contribution in [1.82, 2.24) is 4.90 Å². The summed E-state index contributed by atoms with van der Waals surface area (Å²) < 4.78 is 28.7. The summed E-state index contributed by atoms with van der Waals surface area (Å²) in [5, 5.41) is 2.79. The summed E-state index contributed by atoms with van der Waals surface area (Å²) in [7, 11) is 0. The lowest BCUT2D eigenvalue weighted by molar-refractivity contribution is -0.121. The van der Waals surface area contributed by atoms with Gasteiger partial charge in [0.05, 0.1) is 6.04 Å². The molecule has 1 saturated heterocycles. The number of anilines is 1. The van der Waals surface area contributed by atoms with Crippen molar-refractivity contribution in [2.45, 2.75) is 32.4 Å². The Hall–Kier alpha value is -2.80. The number of carbonyl (C=O) groups excluding carboxylic acids is 2. The third kappa shape index (κ3) is 5.60. The highest BCUT2D eigenvalue weighted by Gasteiger charge is 2.30. The van der Waals surface area contributed by atoms with E-state index in [-0.39, 0.29) is 29.4 Å². The average molecular weight is 402 g/mol. The fourth-order valence-corrected chi connectivity index (χ4v) is 3.52. The van der Waals surface area contributed by atoms with Gasteiger partial charge in [-0.15, -0.1) is 0 Å². The van der Waals surface area contributed by atoms with Crippen molar-refractivity contribution in [2.75, 3.05) is 18.4 Å². The minimum Gasteiger partial charge on any atom is -0.435 e. The van der Waals surface area contributed by atoms with Gasteiger partial charge >= 0.3 is 6.61 Å². The van der Waals surface area contributed by atoms with E-state index in [9.17, 15) is 18.4 Å². The number of alkyl halides is 2. The van der Waals surface area contributed by atoms with Crippen molar-refractivity contribution in [3.05, 3.63) is 60.2 Å². The topological polar surface area (TPSA) is 58.6 Å². The van der Waals surface area contributed by atoms with Gasteiger partial charge in [0, 0.05) is 17.2 Å². The number of amides is 1. The van der Waals surface area contributed by atoms with Crippen molar-refractivity contribution in [2.24, 2.45) is 5.92 Å². The van der Waals surface area contributed by atoms with E-state index in [0.717, 1.165) is 5.56 Å². The standard InChI is InChI=1S/C22H24F2N2O3/c1-15(21(28)25-18-7-9-19(10-8-18)29-22(23)24)26-13-11-17(12-14-26)20(27)16-5-3-2-4-6-16/h2-10,15,17,22H,11-14H2,1H3,(H,25,28). The lowest BCUT2D eigenvalue weighted by atomic mass is 9.88. The van der Waals surface area contributed by atoms with Crippen LogP contribution in [-0.4, -0.2) is 42.3 Å². The number of likely N-dealkylation sites (tertiary alicyclic amines) is 1. The van der Waals surface area contributed by atoms with Gasteiger partial charge in [0.1, 0.15) is 5.75 Å². The highest BCUT2D eigenvalue weighted by molar-refractivity contribution is 5.98. The Morgan fingerprint density at radius 3 is 2.24 bits per heavy atom. The predicted molar refractivity (Wildman–Crippen MR) is 106 cm³/mol. The van der Waals surface area contributed by atoms with Gasteiger partial charge in [-0.1, -0.05) is 30.3 Å². The molecule has 2 aromatic rings. The molecule has 1 N–H and O–H groups in total. The minimum atomic E-state index is -2.88. The Bertz CT molecular complexity index is 820. The molecule has 1 unspecified atom stereocenters. The Balaban J connectivity index is 1.50. The van der Waals surface area contributed by atoms with Crippen LogP contribution in [0.3, 0.4) is 0 Å². The number of carbonyl (C=O) groups is 2. The number of Topliss-reactive ketones (excluding diaryl/α,β-unsaturated/α-hetero) is 1. The highest BCUT2D eigenvalue weighted by Crippen LogP contribution is 2.24. The van der Waals surface area contributed by atoms with Crippen LogP contribution in [0.5, 0.6) is 5.75 Å². The van der Waals surface area contributed by atoms with Crippen molar-refractivity contribution in [1.29, 1.82) is 0 Å². The molecular formula is C22H24F2N2O3. The number of nitrogens with zero attached hydrogens (tertiary/aromatic N) is 1. The van der Waals surface area contributed by atoms with Crippen LogP contribution in [0.2, 0.25) is 0 Å². The fourth-order valence-electron chi connectivity index (χ4n) is 3.52. The van der Waals surface area contributed by atoms with Crippen LogP contribution in [0.1, 0.15) is 30.1 Å². The molecule has 7 heteroatoms. The molecule has 0 saturated carbocycles. The number of hydrogen-bond donors (Lipinski definition) is 1. The molecule has 1 amide bonds. The van der Waals surface area contributed by atoms with E-state index < -0.39 is 6.61 Å². The molecule has 0 radical (unpaired) electrons. The molecule has 0 spiro atoms. The molecule has 1 aliphatic heterocycles. The quantitative estimate of drug-likeness (QED) is 0.705. The maximum Gasteiger partial charge on any atom is 0.387 e. The van der Waals surface area contributed by atoms with Gasteiger partial charge in [-0.05, 0) is 57.1 Å². The van der Waals surface area contributed by atoms with Crippen LogP contribution in [0.25, 0.3) is 0 Å². The SMILES string of the molecule is CC(C(=O)Nc1ccc(OC(F)F)cc1)N1CCC(C(=O)c2ccccc2)CC1. The summed E-state index contributed by atoms with van der Waals surface area (Å²) in [6.07, 6.45) is 1.43. The average Bonchev–Trinajstić information content (AvgIpc) is 2.74. The van der Waals surface area contributed by atoms with Crippen LogP contribution in [-0.2, 0) is 4.79 Å². The number of halogens is 2. The monoisotopic (exact) mass is 402 g/mol. The number of ether oxygens (including phenoxy) is 1. The van der Waals surface area contributed by atoms with E-state index in [0.29, 0.717) is 31.6 Å². The van der Waals surface area contributed by atoms with E-state index in [1.165, 1.54) is 24.3 Å². The Morgan fingerprint density at radius 1 is 1.03 bits per heavy atom. The predicted octanol–water partition coefficient (Wildman–Crippen LogP) is 4.21. The first-order valence-electron chi connectivity index (χ1n) is 9.63. The fraction of sp³-hybridized carbons (Fsp3) is 0.364. The van der Waals surface area contributed by atoms with Gasteiger partial charge < -0.3 is 10.1 Å². The maximum absolute atomic E-state index is 12.6. The molecule has 0 aromatic heterocycles. The van der Waals surface area contributed by atoms with Crippen LogP contribution >= 0.6 is 0 Å². The van der Waals surface area contributed by atoms with Crippen LogP contribution in [0.4, 0.5) is 14.5 Å². The van der Waals surface area contributed by atoms with Crippen LogP contribution < -0.4 is 10.1 Å². The van der Waals surface area contributed by atoms with E-state index >= 15 is 0 Å². The number of rotatable bonds is 7. The third-order valence-corrected chi connectivity index (χ3v) is 5.23. The van der Waals surface area contributed by atoms with Crippen LogP contribution in [0, 0.1) is 5.92 Å². The summed E-state index contributed by atoms with van der Waals surface area (Å²) >= 11 is 0. The summed E-state index contributed by atoms with van der Waals surface area (Å²) in [6.45, 7) is 0.271. The first-order valence-corrected chi connectivity index (χ1v) is 9.63. The number of benzene rings is 2. The van der Waals surface area contributed by atoms with E-state index in [1.54, 1.807) is 0 Å². The van der Waals surface area contributed by atoms with Gasteiger partial charge in [-0.25, -0.2) is 0 Å². The lowest BCUT2D eigenvalue weighted by Gasteiger charge is -2.34. The Morgan fingerprint density at radius 2 is 1.66 bits per heavy atom. The van der Waals surface area contributed by atoms with Gasteiger partial charge in [-0.2, -0.15) is 8.78 Å². The smallest absolute Gasteiger partial charge is 0.387 e. The molecule has 0 bridgehead atoms. The van der Waals surface area contributed by atoms with Crippen LogP contribution in [0.15, 0.2) is 54.6 Å². The zero-order valence-corrected chi connectivity index (χ0v) is 16.2. The molecule has 154 valence electrons. The molecule has 29 heavy (non-hydrogen) atoms. The van der Waals surface area contributed by atoms with Gasteiger partial charge in [0.2, 0.25) is 5.91 Å². The van der Waals surface area contributed by atoms with Crippen molar-refractivity contribution >= 4 is 17.4 Å². The van der Waals surface area contributed by atoms with Gasteiger partial charge in [-0.3, -0.25) is 14.5 Å². The molecular weight excluding hydrogens is 378 g/mol. The number of nitrogens with one attached hydrogen (secondary N) is 1. The third-order valence-electron chi connectivity index (χ3n) is 5.23. The normalized spacial score (nSPS) is 16.4. The van der Waals surface area contributed by atoms with E-state index in [2.05, 4.69) is 15.0 Å². The first-order chi connectivity index (χ1) is 13.9. The molecule has 0 aliphatic carbocycles. The Labute approximate surface area is 168 Å². The molecule has 1 aliphatic rings. The summed E-state index contributed by atoms with van der Waals surface area (Å²) in [5.41, 5.74) is 1.24. The lowest BCUT2D eigenvalue weighted by Crippen LogP contribution is -2.47. The number of ketones is 1. The summed E-state index contributed by atoms with van der Waals surface area (Å²) in [6, 6.07) is 14.7. The second kappa shape index (κ2) is 9.60. The largest absolute Gasteiger partial charge is 0.435 e. The van der Waals surface area contributed by atoms with Gasteiger partial charge in [0.25, 0.3) is 0 Å². The van der Waals surface area contributed by atoms with E-state index in [4.69, 9.17) is 0 Å². The van der Waals surface area contributed by atoms with Crippen molar-refractivity contribution in [3.8, 4) is 5.75 Å². The highest BCUT2D eigenvalue weighted by atomic mass is 19.3. The van der Waals surface area contributed by atoms with Gasteiger partial charge in [0.15, 0.2) is 5.78 Å². The zero-order valence-electron chi connectivity index (χ0n) is 16.2. The molecule has 2 aromatic carbocycles. The molecule has 1 fully saturated rings. The minimum absolute atomic E-state index is 0.0220. The maximum atomic E-state index is 12.6. The summed E-state index contributed by atoms with van der Waals surface area (Å²) in [4.78, 5) is 27.2. The molecule has 1 atom stereocenters. The second-order valence-corrected chi connectivity index (χ2v) is 7.11. The summed E-state index contributed by atoms with van der Waals surface area (Å²) in [5.74, 6) is -0.00341. The number of piperidine rings is 1. The molecule has 5 nitrogen and oxygen atoms in total.